The second-order valence-electron chi connectivity index (χ2n) is 7.19. The van der Waals surface area contributed by atoms with Crippen molar-refractivity contribution in [2.75, 3.05) is 46.5 Å². The van der Waals surface area contributed by atoms with E-state index in [1.807, 2.05) is 12.1 Å². The molecule has 1 aliphatic rings. The molecule has 0 unspecified atom stereocenters. The van der Waals surface area contributed by atoms with Crippen molar-refractivity contribution in [3.63, 3.8) is 0 Å². The van der Waals surface area contributed by atoms with Crippen LogP contribution in [0.3, 0.4) is 0 Å². The third-order valence-corrected chi connectivity index (χ3v) is 5.96. The van der Waals surface area contributed by atoms with Crippen molar-refractivity contribution in [3.8, 4) is 0 Å². The lowest BCUT2D eigenvalue weighted by atomic mass is 10.1. The molecule has 1 aliphatic heterocycles. The number of nitrogens with one attached hydrogen (secondary N) is 1. The second-order valence-corrected chi connectivity index (χ2v) is 8.23. The zero-order chi connectivity index (χ0) is 20.2. The van der Waals surface area contributed by atoms with Crippen molar-refractivity contribution < 1.29 is 13.9 Å². The monoisotopic (exact) mass is 419 g/mol. The average molecular weight is 420 g/mol. The molecule has 0 bridgehead atoms. The van der Waals surface area contributed by atoms with Crippen LogP contribution in [0.15, 0.2) is 45.3 Å². The SMILES string of the molecule is COCCCOC1CCN(C(=NCCc2cccs2)NCCc2ccco2)CC1. The van der Waals surface area contributed by atoms with Crippen molar-refractivity contribution >= 4 is 17.3 Å². The zero-order valence-electron chi connectivity index (χ0n) is 17.3. The Morgan fingerprint density at radius 2 is 2.14 bits per heavy atom. The van der Waals surface area contributed by atoms with Crippen LogP contribution < -0.4 is 5.32 Å². The van der Waals surface area contributed by atoms with E-state index in [1.54, 1.807) is 24.7 Å². The quantitative estimate of drug-likeness (QED) is 0.343. The van der Waals surface area contributed by atoms with Gasteiger partial charge in [-0.05, 0) is 42.8 Å². The molecule has 1 saturated heterocycles. The summed E-state index contributed by atoms with van der Waals surface area (Å²) in [5, 5.41) is 5.67. The van der Waals surface area contributed by atoms with Crippen LogP contribution in [0.2, 0.25) is 0 Å². The number of thiophene rings is 1. The molecule has 0 amide bonds. The molecule has 0 aromatic carbocycles. The molecule has 0 saturated carbocycles. The van der Waals surface area contributed by atoms with Crippen LogP contribution in [0.25, 0.3) is 0 Å². The van der Waals surface area contributed by atoms with Crippen molar-refractivity contribution in [1.29, 1.82) is 0 Å². The maximum Gasteiger partial charge on any atom is 0.193 e. The number of rotatable bonds is 11. The third-order valence-electron chi connectivity index (χ3n) is 5.02. The number of methoxy groups -OCH3 is 1. The van der Waals surface area contributed by atoms with Crippen LogP contribution in [-0.4, -0.2) is 63.5 Å². The normalized spacial score (nSPS) is 15.8. The topological polar surface area (TPSA) is 59.2 Å². The lowest BCUT2D eigenvalue weighted by Crippen LogP contribution is -2.47. The van der Waals surface area contributed by atoms with Gasteiger partial charge in [0.25, 0.3) is 0 Å². The summed E-state index contributed by atoms with van der Waals surface area (Å²) in [5.41, 5.74) is 0. The molecule has 0 aliphatic carbocycles. The Morgan fingerprint density at radius 1 is 1.24 bits per heavy atom. The fraction of sp³-hybridized carbons (Fsp3) is 0.591. The van der Waals surface area contributed by atoms with Crippen molar-refractivity contribution in [2.24, 2.45) is 4.99 Å². The first-order valence-electron chi connectivity index (χ1n) is 10.5. The van der Waals surface area contributed by atoms with Gasteiger partial charge in [-0.15, -0.1) is 11.3 Å². The molecule has 1 N–H and O–H groups in total. The highest BCUT2D eigenvalue weighted by Gasteiger charge is 2.22. The Bertz CT molecular complexity index is 680. The van der Waals surface area contributed by atoms with Crippen molar-refractivity contribution in [1.82, 2.24) is 10.2 Å². The number of ether oxygens (including phenoxy) is 2. The maximum atomic E-state index is 6.00. The molecule has 1 fully saturated rings. The van der Waals surface area contributed by atoms with Gasteiger partial charge in [0.2, 0.25) is 0 Å². The van der Waals surface area contributed by atoms with Crippen LogP contribution >= 0.6 is 11.3 Å². The van der Waals surface area contributed by atoms with Gasteiger partial charge in [-0.2, -0.15) is 0 Å². The first-order chi connectivity index (χ1) is 14.3. The number of hydrogen-bond acceptors (Lipinski definition) is 5. The third kappa shape index (κ3) is 7.84. The van der Waals surface area contributed by atoms with E-state index in [2.05, 4.69) is 27.7 Å². The van der Waals surface area contributed by atoms with Gasteiger partial charge >= 0.3 is 0 Å². The molecule has 29 heavy (non-hydrogen) atoms. The highest BCUT2D eigenvalue weighted by molar-refractivity contribution is 7.09. The summed E-state index contributed by atoms with van der Waals surface area (Å²) in [6, 6.07) is 8.23. The summed E-state index contributed by atoms with van der Waals surface area (Å²) in [4.78, 5) is 8.65. The van der Waals surface area contributed by atoms with E-state index >= 15 is 0 Å². The number of piperidine rings is 1. The molecule has 7 heteroatoms. The summed E-state index contributed by atoms with van der Waals surface area (Å²) in [6.45, 7) is 5.11. The minimum Gasteiger partial charge on any atom is -0.469 e. The molecule has 3 heterocycles. The van der Waals surface area contributed by atoms with Crippen LogP contribution in [0, 0.1) is 0 Å². The van der Waals surface area contributed by atoms with E-state index in [9.17, 15) is 0 Å². The Labute approximate surface area is 177 Å². The maximum absolute atomic E-state index is 6.00. The molecular weight excluding hydrogens is 386 g/mol. The van der Waals surface area contributed by atoms with Gasteiger partial charge in [0, 0.05) is 64.2 Å². The van der Waals surface area contributed by atoms with Crippen LogP contribution in [0.1, 0.15) is 29.9 Å². The molecule has 6 nitrogen and oxygen atoms in total. The van der Waals surface area contributed by atoms with Gasteiger partial charge in [0.15, 0.2) is 5.96 Å². The van der Waals surface area contributed by atoms with Gasteiger partial charge in [-0.3, -0.25) is 4.99 Å². The van der Waals surface area contributed by atoms with E-state index in [4.69, 9.17) is 18.9 Å². The molecule has 160 valence electrons. The molecular formula is C22H33N3O3S. The first kappa shape index (κ1) is 21.9. The fourth-order valence-electron chi connectivity index (χ4n) is 3.43. The zero-order valence-corrected chi connectivity index (χ0v) is 18.2. The standard InChI is InChI=1S/C22H33N3O3S/c1-26-15-4-17-28-20-9-13-25(14-10-20)22(23-11-7-19-5-2-16-27-19)24-12-8-21-6-3-18-29-21/h2-3,5-6,16,18,20H,4,7-15,17H2,1H3,(H,23,24). The number of aliphatic imine (C=N–C) groups is 1. The number of furan rings is 1. The molecule has 3 rings (SSSR count). The van der Waals surface area contributed by atoms with Crippen LogP contribution in [0.4, 0.5) is 0 Å². The molecule has 2 aromatic heterocycles. The second kappa shape index (κ2) is 12.7. The summed E-state index contributed by atoms with van der Waals surface area (Å²) in [7, 11) is 1.73. The Hall–Kier alpha value is -1.83. The van der Waals surface area contributed by atoms with Crippen LogP contribution in [-0.2, 0) is 22.3 Å². The number of guanidine groups is 1. The largest absolute Gasteiger partial charge is 0.469 e. The number of likely N-dealkylation sites (tertiary alicyclic amines) is 1. The molecule has 2 aromatic rings. The Morgan fingerprint density at radius 3 is 2.86 bits per heavy atom. The van der Waals surface area contributed by atoms with Crippen molar-refractivity contribution in [3.05, 3.63) is 46.5 Å². The van der Waals surface area contributed by atoms with E-state index in [0.717, 1.165) is 83.2 Å². The summed E-state index contributed by atoms with van der Waals surface area (Å²) in [6.07, 6.45) is 6.95. The lowest BCUT2D eigenvalue weighted by molar-refractivity contribution is 0.00990. The van der Waals surface area contributed by atoms with E-state index in [0.29, 0.717) is 6.10 Å². The van der Waals surface area contributed by atoms with Gasteiger partial charge in [-0.25, -0.2) is 0 Å². The predicted octanol–water partition coefficient (Wildman–Crippen LogP) is 3.59. The van der Waals surface area contributed by atoms with E-state index < -0.39 is 0 Å². The molecule has 0 atom stereocenters. The van der Waals surface area contributed by atoms with Crippen molar-refractivity contribution in [2.45, 2.75) is 38.2 Å². The summed E-state index contributed by atoms with van der Waals surface area (Å²) >= 11 is 1.80. The van der Waals surface area contributed by atoms with Crippen LogP contribution in [0.5, 0.6) is 0 Å². The van der Waals surface area contributed by atoms with E-state index in [1.165, 1.54) is 4.88 Å². The molecule has 0 spiro atoms. The number of nitrogens with zero attached hydrogens (tertiary/aromatic N) is 2. The van der Waals surface area contributed by atoms with Gasteiger partial charge in [0.1, 0.15) is 5.76 Å². The molecule has 0 radical (unpaired) electrons. The summed E-state index contributed by atoms with van der Waals surface area (Å²) in [5.74, 6) is 2.00. The predicted molar refractivity (Wildman–Crippen MR) is 118 cm³/mol. The summed E-state index contributed by atoms with van der Waals surface area (Å²) < 4.78 is 16.5. The Balaban J connectivity index is 1.47. The minimum atomic E-state index is 0.346. The number of hydrogen-bond donors (Lipinski definition) is 1. The van der Waals surface area contributed by atoms with Gasteiger partial charge in [0.05, 0.1) is 12.4 Å². The Kier molecular flexibility index (Phi) is 9.56. The average Bonchev–Trinajstić information content (AvgIpc) is 3.45. The highest BCUT2D eigenvalue weighted by atomic mass is 32.1. The van der Waals surface area contributed by atoms with Gasteiger partial charge in [-0.1, -0.05) is 6.07 Å². The van der Waals surface area contributed by atoms with E-state index in [-0.39, 0.29) is 0 Å². The smallest absolute Gasteiger partial charge is 0.193 e. The first-order valence-corrected chi connectivity index (χ1v) is 11.4. The lowest BCUT2D eigenvalue weighted by Gasteiger charge is -2.34. The highest BCUT2D eigenvalue weighted by Crippen LogP contribution is 2.15. The van der Waals surface area contributed by atoms with Gasteiger partial charge < -0.3 is 24.1 Å². The fourth-order valence-corrected chi connectivity index (χ4v) is 4.13. The minimum absolute atomic E-state index is 0.346.